The smallest absolute Gasteiger partial charge is 0.325 e. The molecule has 172 valence electrons. The van der Waals surface area contributed by atoms with Crippen molar-refractivity contribution in [1.29, 1.82) is 0 Å². The second-order valence-electron chi connectivity index (χ2n) is 8.01. The zero-order valence-corrected chi connectivity index (χ0v) is 19.0. The van der Waals surface area contributed by atoms with E-state index in [1.54, 1.807) is 13.3 Å². The van der Waals surface area contributed by atoms with Gasteiger partial charge in [0.2, 0.25) is 5.88 Å². The van der Waals surface area contributed by atoms with Gasteiger partial charge in [0.25, 0.3) is 0 Å². The van der Waals surface area contributed by atoms with Gasteiger partial charge >= 0.3 is 6.03 Å². The number of H-pyrrole nitrogens is 1. The lowest BCUT2D eigenvalue weighted by Gasteiger charge is -2.28. The van der Waals surface area contributed by atoms with Crippen molar-refractivity contribution in [3.05, 3.63) is 36.7 Å². The highest BCUT2D eigenvalue weighted by Crippen LogP contribution is 2.39. The number of aromatic nitrogens is 3. The van der Waals surface area contributed by atoms with Gasteiger partial charge in [0.1, 0.15) is 12.2 Å². The lowest BCUT2D eigenvalue weighted by Crippen LogP contribution is -2.40. The van der Waals surface area contributed by atoms with Gasteiger partial charge in [0.15, 0.2) is 5.13 Å². The number of nitrogens with zero attached hydrogens (tertiary/aromatic N) is 3. The van der Waals surface area contributed by atoms with Gasteiger partial charge in [-0.3, -0.25) is 5.32 Å². The van der Waals surface area contributed by atoms with Crippen LogP contribution in [-0.2, 0) is 4.74 Å². The molecule has 0 unspecified atom stereocenters. The number of fused-ring (bicyclic) bond motifs is 2. The zero-order valence-electron chi connectivity index (χ0n) is 18.2. The Morgan fingerprint density at radius 1 is 1.36 bits per heavy atom. The number of ether oxygens (including phenoxy) is 2. The Morgan fingerprint density at radius 3 is 3.00 bits per heavy atom. The Balaban J connectivity index is 1.44. The van der Waals surface area contributed by atoms with Crippen LogP contribution in [0.4, 0.5) is 9.93 Å². The zero-order chi connectivity index (χ0) is 22.8. The van der Waals surface area contributed by atoms with E-state index < -0.39 is 0 Å². The summed E-state index contributed by atoms with van der Waals surface area (Å²) in [6.07, 6.45) is 5.43. The fourth-order valence-corrected chi connectivity index (χ4v) is 5.11. The maximum absolute atomic E-state index is 12.9. The first-order valence-electron chi connectivity index (χ1n) is 10.8. The van der Waals surface area contributed by atoms with Crippen LogP contribution in [0.1, 0.15) is 12.8 Å². The van der Waals surface area contributed by atoms with Gasteiger partial charge in [-0.2, -0.15) is 0 Å². The van der Waals surface area contributed by atoms with E-state index in [2.05, 4.69) is 32.4 Å². The second kappa shape index (κ2) is 9.34. The van der Waals surface area contributed by atoms with E-state index in [4.69, 9.17) is 9.47 Å². The normalized spacial score (nSPS) is 14.6. The topological polar surface area (TPSA) is 113 Å². The van der Waals surface area contributed by atoms with Crippen LogP contribution in [0.2, 0.25) is 0 Å². The number of pyridine rings is 1. The van der Waals surface area contributed by atoms with Crippen LogP contribution in [0.5, 0.6) is 5.88 Å². The minimum Gasteiger partial charge on any atom is -0.479 e. The minimum absolute atomic E-state index is 0.311. The number of rotatable bonds is 6. The van der Waals surface area contributed by atoms with Gasteiger partial charge in [-0.15, -0.1) is 0 Å². The molecule has 1 aliphatic rings. The number of thiazole rings is 1. The average molecular weight is 468 g/mol. The van der Waals surface area contributed by atoms with E-state index >= 15 is 0 Å². The molecule has 0 radical (unpaired) electrons. The number of aliphatic hydroxyl groups is 1. The molecule has 1 aromatic carbocycles. The molecule has 33 heavy (non-hydrogen) atoms. The van der Waals surface area contributed by atoms with Crippen molar-refractivity contribution >= 4 is 43.6 Å². The lowest BCUT2D eigenvalue weighted by molar-refractivity contribution is 0.0451. The van der Waals surface area contributed by atoms with E-state index in [-0.39, 0.29) is 12.8 Å². The summed E-state index contributed by atoms with van der Waals surface area (Å²) in [4.78, 5) is 26.5. The largest absolute Gasteiger partial charge is 0.479 e. The number of benzene rings is 1. The third-order valence-electron chi connectivity index (χ3n) is 5.94. The van der Waals surface area contributed by atoms with Crippen LogP contribution in [0.15, 0.2) is 36.7 Å². The van der Waals surface area contributed by atoms with E-state index in [1.807, 2.05) is 18.3 Å². The predicted molar refractivity (Wildman–Crippen MR) is 128 cm³/mol. The first-order valence-corrected chi connectivity index (χ1v) is 11.6. The maximum atomic E-state index is 12.9. The summed E-state index contributed by atoms with van der Waals surface area (Å²) in [6.45, 7) is 1.49. The summed E-state index contributed by atoms with van der Waals surface area (Å²) in [5, 5.41) is 14.2. The van der Waals surface area contributed by atoms with Crippen LogP contribution in [0.3, 0.4) is 0 Å². The average Bonchev–Trinajstić information content (AvgIpc) is 3.48. The van der Waals surface area contributed by atoms with Crippen LogP contribution in [0, 0.1) is 5.92 Å². The van der Waals surface area contributed by atoms with Gasteiger partial charge < -0.3 is 24.5 Å². The third-order valence-corrected chi connectivity index (χ3v) is 6.94. The SMILES string of the molecule is COc1ncc(-c2ccc3cc[nH]c3c2)c2sc(NC(=O)N(CO)CC3CCOCC3)nc12. The molecule has 1 fully saturated rings. The highest BCUT2D eigenvalue weighted by Gasteiger charge is 2.23. The summed E-state index contributed by atoms with van der Waals surface area (Å²) >= 11 is 1.36. The molecule has 1 aliphatic heterocycles. The summed E-state index contributed by atoms with van der Waals surface area (Å²) < 4.78 is 11.7. The standard InChI is InChI=1S/C23H25N5O4S/c1-31-21-19-20(17(11-25-21)16-3-2-15-4-7-24-18(15)10-16)33-22(26-19)27-23(30)28(13-29)12-14-5-8-32-9-6-14/h2-4,7,10-11,14,24,29H,5-6,8-9,12-13H2,1H3,(H,26,27,30). The number of carbonyl (C=O) groups is 1. The molecular weight excluding hydrogens is 442 g/mol. The number of aromatic amines is 1. The van der Waals surface area contributed by atoms with E-state index in [0.717, 1.165) is 39.6 Å². The van der Waals surface area contributed by atoms with Gasteiger partial charge in [-0.25, -0.2) is 14.8 Å². The molecule has 9 nitrogen and oxygen atoms in total. The number of urea groups is 1. The molecule has 4 aromatic rings. The Kier molecular flexibility index (Phi) is 6.12. The molecular formula is C23H25N5O4S. The van der Waals surface area contributed by atoms with Gasteiger partial charge in [-0.05, 0) is 41.8 Å². The quantitative estimate of drug-likeness (QED) is 0.369. The number of nitrogens with one attached hydrogen (secondary N) is 2. The first kappa shape index (κ1) is 21.6. The van der Waals surface area contributed by atoms with E-state index in [0.29, 0.717) is 42.2 Å². The lowest BCUT2D eigenvalue weighted by atomic mass is 10.00. The molecule has 0 bridgehead atoms. The number of aliphatic hydroxyl groups excluding tert-OH is 1. The van der Waals surface area contributed by atoms with Crippen LogP contribution in [-0.4, -0.2) is 64.6 Å². The number of methoxy groups -OCH3 is 1. The Bertz CT molecular complexity index is 1280. The number of hydrogen-bond acceptors (Lipinski definition) is 7. The summed E-state index contributed by atoms with van der Waals surface area (Å²) in [5.74, 6) is 0.707. The maximum Gasteiger partial charge on any atom is 0.325 e. The fourth-order valence-electron chi connectivity index (χ4n) is 4.13. The van der Waals surface area contributed by atoms with Crippen molar-refractivity contribution in [2.45, 2.75) is 12.8 Å². The van der Waals surface area contributed by atoms with E-state index in [1.165, 1.54) is 16.2 Å². The van der Waals surface area contributed by atoms with Crippen molar-refractivity contribution in [1.82, 2.24) is 19.9 Å². The van der Waals surface area contributed by atoms with Crippen molar-refractivity contribution in [3.8, 4) is 17.0 Å². The van der Waals surface area contributed by atoms with Crippen LogP contribution >= 0.6 is 11.3 Å². The summed E-state index contributed by atoms with van der Waals surface area (Å²) in [6, 6.07) is 7.80. The summed E-state index contributed by atoms with van der Waals surface area (Å²) in [7, 11) is 1.55. The molecule has 2 amide bonds. The highest BCUT2D eigenvalue weighted by atomic mass is 32.1. The van der Waals surface area contributed by atoms with Crippen molar-refractivity contribution in [3.63, 3.8) is 0 Å². The predicted octanol–water partition coefficient (Wildman–Crippen LogP) is 4.06. The summed E-state index contributed by atoms with van der Waals surface area (Å²) in [5.41, 5.74) is 3.51. The molecule has 3 N–H and O–H groups in total. The molecule has 0 saturated carbocycles. The Morgan fingerprint density at radius 2 is 2.21 bits per heavy atom. The third kappa shape index (κ3) is 4.37. The number of anilines is 1. The number of carbonyl (C=O) groups excluding carboxylic acids is 1. The molecule has 0 spiro atoms. The highest BCUT2D eigenvalue weighted by molar-refractivity contribution is 7.23. The second-order valence-corrected chi connectivity index (χ2v) is 9.01. The molecule has 1 saturated heterocycles. The van der Waals surface area contributed by atoms with Gasteiger partial charge in [0.05, 0.1) is 11.8 Å². The van der Waals surface area contributed by atoms with Gasteiger partial charge in [0, 0.05) is 43.2 Å². The van der Waals surface area contributed by atoms with Crippen molar-refractivity contribution in [2.24, 2.45) is 5.92 Å². The minimum atomic E-state index is -0.385. The van der Waals surface area contributed by atoms with Crippen LogP contribution in [0.25, 0.3) is 32.2 Å². The number of hydrogen-bond donors (Lipinski definition) is 3. The molecule has 3 aromatic heterocycles. The number of amides is 2. The molecule has 0 aliphatic carbocycles. The van der Waals surface area contributed by atoms with Crippen molar-refractivity contribution in [2.75, 3.05) is 38.9 Å². The Labute approximate surface area is 194 Å². The van der Waals surface area contributed by atoms with Crippen LogP contribution < -0.4 is 10.1 Å². The molecule has 4 heterocycles. The van der Waals surface area contributed by atoms with Crippen molar-refractivity contribution < 1.29 is 19.4 Å². The van der Waals surface area contributed by atoms with Gasteiger partial charge in [-0.1, -0.05) is 23.5 Å². The molecule has 10 heteroatoms. The molecule has 5 rings (SSSR count). The van der Waals surface area contributed by atoms with E-state index in [9.17, 15) is 9.90 Å². The fraction of sp³-hybridized carbons (Fsp3) is 0.348. The Hall–Kier alpha value is -3.21. The molecule has 0 atom stereocenters. The first-order chi connectivity index (χ1) is 16.2. The monoisotopic (exact) mass is 467 g/mol.